The molecule has 0 fully saturated rings. The molecule has 94 valence electrons. The highest BCUT2D eigenvalue weighted by molar-refractivity contribution is 5.97. The molecule has 18 heavy (non-hydrogen) atoms. The molecule has 0 radical (unpaired) electrons. The number of rotatable bonds is 2. The van der Waals surface area contributed by atoms with Crippen molar-refractivity contribution in [1.29, 1.82) is 0 Å². The van der Waals surface area contributed by atoms with Crippen molar-refractivity contribution >= 4 is 5.78 Å². The lowest BCUT2D eigenvalue weighted by Gasteiger charge is -2.06. The van der Waals surface area contributed by atoms with Gasteiger partial charge in [-0.1, -0.05) is 17.3 Å². The van der Waals surface area contributed by atoms with Crippen LogP contribution < -0.4 is 0 Å². The maximum absolute atomic E-state index is 12.4. The first-order chi connectivity index (χ1) is 8.39. The molecule has 0 amide bonds. The summed E-state index contributed by atoms with van der Waals surface area (Å²) in [5.41, 5.74) is 0.0951. The summed E-state index contributed by atoms with van der Waals surface area (Å²) < 4.78 is 41.9. The van der Waals surface area contributed by atoms with E-state index < -0.39 is 11.7 Å². The maximum atomic E-state index is 12.4. The second-order valence-electron chi connectivity index (χ2n) is 3.70. The van der Waals surface area contributed by atoms with Crippen molar-refractivity contribution in [3.05, 3.63) is 41.8 Å². The van der Waals surface area contributed by atoms with E-state index in [-0.39, 0.29) is 11.5 Å². The molecule has 2 rings (SSSR count). The molecular weight excluding hydrogens is 247 g/mol. The van der Waals surface area contributed by atoms with Crippen LogP contribution in [0.2, 0.25) is 0 Å². The van der Waals surface area contributed by atoms with Crippen molar-refractivity contribution in [2.24, 2.45) is 0 Å². The summed E-state index contributed by atoms with van der Waals surface area (Å²) in [6.07, 6.45) is -3.07. The van der Waals surface area contributed by atoms with Crippen LogP contribution in [-0.2, 0) is 6.18 Å². The Morgan fingerprint density at radius 2 is 1.83 bits per heavy atom. The Bertz CT molecular complexity index is 570. The van der Waals surface area contributed by atoms with E-state index in [2.05, 4.69) is 5.16 Å². The molecule has 0 saturated carbocycles. The van der Waals surface area contributed by atoms with Gasteiger partial charge in [0, 0.05) is 6.92 Å². The first-order valence-electron chi connectivity index (χ1n) is 5.03. The van der Waals surface area contributed by atoms with Crippen LogP contribution in [0.3, 0.4) is 0 Å². The van der Waals surface area contributed by atoms with Gasteiger partial charge in [-0.3, -0.25) is 4.79 Å². The van der Waals surface area contributed by atoms with E-state index in [1.165, 1.54) is 25.3 Å². The number of nitrogens with zero attached hydrogens (tertiary/aromatic N) is 1. The highest BCUT2D eigenvalue weighted by Crippen LogP contribution is 2.31. The molecule has 0 aliphatic heterocycles. The second kappa shape index (κ2) is 4.29. The highest BCUT2D eigenvalue weighted by atomic mass is 19.4. The van der Waals surface area contributed by atoms with Crippen LogP contribution in [0.1, 0.15) is 23.0 Å². The molecule has 6 heteroatoms. The molecule has 0 saturated heterocycles. The van der Waals surface area contributed by atoms with Crippen LogP contribution in [0, 0.1) is 0 Å². The summed E-state index contributed by atoms with van der Waals surface area (Å²) >= 11 is 0. The molecular formula is C12H8F3NO2. The van der Waals surface area contributed by atoms with Gasteiger partial charge >= 0.3 is 6.18 Å². The Balaban J connectivity index is 2.41. The smallest absolute Gasteiger partial charge is 0.352 e. The first-order valence-corrected chi connectivity index (χ1v) is 5.03. The molecule has 0 bridgehead atoms. The van der Waals surface area contributed by atoms with E-state index in [1.807, 2.05) is 0 Å². The third-order valence-electron chi connectivity index (χ3n) is 2.41. The van der Waals surface area contributed by atoms with Gasteiger partial charge in [0.15, 0.2) is 5.78 Å². The molecule has 3 nitrogen and oxygen atoms in total. The number of carbonyl (C=O) groups is 1. The molecule has 0 N–H and O–H groups in total. The highest BCUT2D eigenvalue weighted by Gasteiger charge is 2.30. The Morgan fingerprint density at radius 1 is 1.22 bits per heavy atom. The number of alkyl halides is 3. The van der Waals surface area contributed by atoms with Gasteiger partial charge in [0.2, 0.25) is 5.76 Å². The van der Waals surface area contributed by atoms with E-state index >= 15 is 0 Å². The summed E-state index contributed by atoms with van der Waals surface area (Å²) in [7, 11) is 0. The van der Waals surface area contributed by atoms with Crippen LogP contribution >= 0.6 is 0 Å². The average molecular weight is 255 g/mol. The van der Waals surface area contributed by atoms with Crippen molar-refractivity contribution in [3.63, 3.8) is 0 Å². The Labute approximate surface area is 100 Å². The van der Waals surface area contributed by atoms with E-state index in [9.17, 15) is 18.0 Å². The molecule has 0 atom stereocenters. The number of Topliss-reactive ketones (excluding diaryl/α,β-unsaturated/α-hetero) is 1. The molecule has 1 aromatic carbocycles. The number of carbonyl (C=O) groups excluding carboxylic acids is 1. The molecule has 1 heterocycles. The summed E-state index contributed by atoms with van der Waals surface area (Å²) in [5.74, 6) is -0.294. The van der Waals surface area contributed by atoms with Gasteiger partial charge in [-0.05, 0) is 17.7 Å². The zero-order chi connectivity index (χ0) is 13.3. The summed E-state index contributed by atoms with van der Waals surface area (Å²) in [6.45, 7) is 1.30. The fourth-order valence-electron chi connectivity index (χ4n) is 1.54. The van der Waals surface area contributed by atoms with Crippen molar-refractivity contribution in [2.45, 2.75) is 13.1 Å². The lowest BCUT2D eigenvalue weighted by Crippen LogP contribution is -2.04. The number of hydrogen-bond acceptors (Lipinski definition) is 3. The first kappa shape index (κ1) is 12.3. The van der Waals surface area contributed by atoms with Gasteiger partial charge in [-0.15, -0.1) is 0 Å². The lowest BCUT2D eigenvalue weighted by molar-refractivity contribution is -0.137. The van der Waals surface area contributed by atoms with E-state index in [0.29, 0.717) is 11.1 Å². The van der Waals surface area contributed by atoms with E-state index in [0.717, 1.165) is 12.1 Å². The van der Waals surface area contributed by atoms with Crippen LogP contribution in [0.15, 0.2) is 35.0 Å². The quantitative estimate of drug-likeness (QED) is 0.770. The predicted molar refractivity (Wildman–Crippen MR) is 56.9 cm³/mol. The number of halogens is 3. The van der Waals surface area contributed by atoms with Gasteiger partial charge in [0.25, 0.3) is 0 Å². The van der Waals surface area contributed by atoms with Gasteiger partial charge in [-0.2, -0.15) is 13.2 Å². The number of ketones is 1. The van der Waals surface area contributed by atoms with E-state index in [1.54, 1.807) is 0 Å². The molecule has 0 spiro atoms. The minimum absolute atomic E-state index is 0.0368. The number of aromatic nitrogens is 1. The number of hydrogen-bond donors (Lipinski definition) is 0. The summed E-state index contributed by atoms with van der Waals surface area (Å²) in [4.78, 5) is 11.2. The monoisotopic (exact) mass is 255 g/mol. The number of benzene rings is 1. The van der Waals surface area contributed by atoms with Gasteiger partial charge in [0.1, 0.15) is 0 Å². The van der Waals surface area contributed by atoms with Crippen LogP contribution in [-0.4, -0.2) is 10.9 Å². The average Bonchev–Trinajstić information content (AvgIpc) is 2.77. The van der Waals surface area contributed by atoms with Crippen LogP contribution in [0.25, 0.3) is 11.1 Å². The maximum Gasteiger partial charge on any atom is 0.416 e. The Morgan fingerprint density at radius 3 is 2.33 bits per heavy atom. The fourth-order valence-corrected chi connectivity index (χ4v) is 1.54. The topological polar surface area (TPSA) is 43.1 Å². The third-order valence-corrected chi connectivity index (χ3v) is 2.41. The minimum atomic E-state index is -4.38. The zero-order valence-corrected chi connectivity index (χ0v) is 9.28. The van der Waals surface area contributed by atoms with Crippen LogP contribution in [0.4, 0.5) is 13.2 Å². The summed E-state index contributed by atoms with van der Waals surface area (Å²) in [5, 5.41) is 3.47. The largest absolute Gasteiger partial charge is 0.416 e. The minimum Gasteiger partial charge on any atom is -0.352 e. The normalized spacial score (nSPS) is 11.6. The Hall–Kier alpha value is -2.11. The molecule has 0 unspecified atom stereocenters. The van der Waals surface area contributed by atoms with Crippen molar-refractivity contribution in [3.8, 4) is 11.1 Å². The predicted octanol–water partition coefficient (Wildman–Crippen LogP) is 3.56. The van der Waals surface area contributed by atoms with Crippen molar-refractivity contribution < 1.29 is 22.5 Å². The molecule has 2 aromatic rings. The third kappa shape index (κ3) is 2.27. The van der Waals surface area contributed by atoms with Gasteiger partial charge < -0.3 is 4.52 Å². The van der Waals surface area contributed by atoms with Crippen molar-refractivity contribution in [2.75, 3.05) is 0 Å². The van der Waals surface area contributed by atoms with Crippen molar-refractivity contribution in [1.82, 2.24) is 5.16 Å². The Kier molecular flexibility index (Phi) is 2.94. The van der Waals surface area contributed by atoms with E-state index in [4.69, 9.17) is 4.52 Å². The van der Waals surface area contributed by atoms with Crippen LogP contribution in [0.5, 0.6) is 0 Å². The zero-order valence-electron chi connectivity index (χ0n) is 9.28. The molecule has 1 aromatic heterocycles. The SMILES string of the molecule is CC(=O)c1oncc1-c1ccc(C(F)(F)F)cc1. The van der Waals surface area contributed by atoms with Gasteiger partial charge in [0.05, 0.1) is 17.3 Å². The standard InChI is InChI=1S/C12H8F3NO2/c1-7(17)11-10(6-16-18-11)8-2-4-9(5-3-8)12(13,14)15/h2-6H,1H3. The molecule has 0 aliphatic rings. The van der Waals surface area contributed by atoms with Gasteiger partial charge in [-0.25, -0.2) is 0 Å². The second-order valence-corrected chi connectivity index (χ2v) is 3.70. The molecule has 0 aliphatic carbocycles. The fraction of sp³-hybridized carbons (Fsp3) is 0.167. The lowest BCUT2D eigenvalue weighted by atomic mass is 10.0. The summed E-state index contributed by atoms with van der Waals surface area (Å²) in [6, 6.07) is 4.46.